The van der Waals surface area contributed by atoms with Crippen LogP contribution in [0.25, 0.3) is 0 Å². The minimum Gasteiger partial charge on any atom is -0.466 e. The van der Waals surface area contributed by atoms with Crippen molar-refractivity contribution in [2.24, 2.45) is 11.8 Å². The number of fused-ring (bicyclic) bond motifs is 2. The van der Waals surface area contributed by atoms with Gasteiger partial charge in [0, 0.05) is 17.5 Å². The van der Waals surface area contributed by atoms with E-state index in [0.717, 1.165) is 19.3 Å². The highest BCUT2D eigenvalue weighted by Crippen LogP contribution is 2.58. The van der Waals surface area contributed by atoms with Crippen molar-refractivity contribution in [1.29, 1.82) is 0 Å². The lowest BCUT2D eigenvalue weighted by molar-refractivity contribution is -0.162. The summed E-state index contributed by atoms with van der Waals surface area (Å²) in [5.74, 6) is 0.457. The number of benzene rings is 1. The number of nitrogens with zero attached hydrogens (tertiary/aromatic N) is 1. The second-order valence-electron chi connectivity index (χ2n) is 7.31. The molecule has 5 atom stereocenters. The van der Waals surface area contributed by atoms with Gasteiger partial charge in [-0.15, -0.1) is 6.58 Å². The van der Waals surface area contributed by atoms with E-state index >= 15 is 0 Å². The van der Waals surface area contributed by atoms with Crippen LogP contribution in [0.4, 0.5) is 0 Å². The summed E-state index contributed by atoms with van der Waals surface area (Å²) in [5, 5.41) is 0. The molecule has 3 fully saturated rings. The van der Waals surface area contributed by atoms with Crippen molar-refractivity contribution >= 4 is 5.97 Å². The third-order valence-electron chi connectivity index (χ3n) is 6.59. The second kappa shape index (κ2) is 5.20. The molecule has 0 spiro atoms. The van der Waals surface area contributed by atoms with Crippen molar-refractivity contribution in [3.63, 3.8) is 0 Å². The summed E-state index contributed by atoms with van der Waals surface area (Å²) in [6, 6.07) is 9.57. The molecule has 2 saturated heterocycles. The van der Waals surface area contributed by atoms with Crippen LogP contribution < -0.4 is 0 Å². The van der Waals surface area contributed by atoms with E-state index < -0.39 is 0 Å². The number of ether oxygens (including phenoxy) is 1. The molecule has 122 valence electrons. The van der Waals surface area contributed by atoms with Crippen molar-refractivity contribution in [1.82, 2.24) is 4.90 Å². The third-order valence-corrected chi connectivity index (χ3v) is 6.59. The van der Waals surface area contributed by atoms with E-state index in [1.807, 2.05) is 6.92 Å². The van der Waals surface area contributed by atoms with Gasteiger partial charge >= 0.3 is 5.97 Å². The zero-order valence-electron chi connectivity index (χ0n) is 14.0. The number of likely N-dealkylation sites (N-methyl/N-ethyl adjacent to an activating group) is 1. The first-order valence-corrected chi connectivity index (χ1v) is 8.73. The summed E-state index contributed by atoms with van der Waals surface area (Å²) in [4.78, 5) is 14.9. The summed E-state index contributed by atoms with van der Waals surface area (Å²) in [5.41, 5.74) is 2.92. The normalized spacial score (nSPS) is 38.0. The molecule has 2 aliphatic carbocycles. The maximum Gasteiger partial charge on any atom is 0.310 e. The third kappa shape index (κ3) is 1.89. The highest BCUT2D eigenvalue weighted by atomic mass is 16.5. The van der Waals surface area contributed by atoms with E-state index in [4.69, 9.17) is 4.74 Å². The van der Waals surface area contributed by atoms with Crippen molar-refractivity contribution in [2.45, 2.75) is 43.7 Å². The Morgan fingerprint density at radius 3 is 2.96 bits per heavy atom. The van der Waals surface area contributed by atoms with E-state index in [2.05, 4.69) is 48.9 Å². The molecular weight excluding hydrogens is 286 g/mol. The average molecular weight is 311 g/mol. The van der Waals surface area contributed by atoms with Crippen LogP contribution in [0.3, 0.4) is 0 Å². The van der Waals surface area contributed by atoms with Crippen molar-refractivity contribution < 1.29 is 9.53 Å². The Balaban J connectivity index is 1.78. The van der Waals surface area contributed by atoms with Crippen LogP contribution in [0.15, 0.2) is 36.9 Å². The Kier molecular flexibility index (Phi) is 3.38. The summed E-state index contributed by atoms with van der Waals surface area (Å²) in [7, 11) is 2.19. The first-order valence-electron chi connectivity index (χ1n) is 8.73. The molecule has 1 saturated carbocycles. The number of allylic oxidation sites excluding steroid dienone is 1. The number of carbonyl (C=O) groups is 1. The number of hydrogen-bond acceptors (Lipinski definition) is 3. The van der Waals surface area contributed by atoms with Crippen LogP contribution in [0.5, 0.6) is 0 Å². The maximum atomic E-state index is 12.4. The van der Waals surface area contributed by atoms with Gasteiger partial charge in [0.05, 0.1) is 12.5 Å². The maximum absolute atomic E-state index is 12.4. The highest BCUT2D eigenvalue weighted by Gasteiger charge is 2.61. The fourth-order valence-corrected chi connectivity index (χ4v) is 5.56. The van der Waals surface area contributed by atoms with E-state index in [-0.39, 0.29) is 23.3 Å². The van der Waals surface area contributed by atoms with Gasteiger partial charge in [-0.2, -0.15) is 0 Å². The zero-order valence-corrected chi connectivity index (χ0v) is 14.0. The van der Waals surface area contributed by atoms with E-state index in [0.29, 0.717) is 18.6 Å². The Morgan fingerprint density at radius 2 is 2.22 bits per heavy atom. The molecular formula is C20H25NO2. The standard InChI is InChI=1S/C20H25NO2/c1-4-20-12-18-14(19(22)23-5-2)11-16(20)17(21(18)3)10-13-8-6-7-9-15(13)20/h4,6-9,14,16-18H,1,5,10-12H2,2-3H3/t14-,16?,17?,18?,20+/m0/s1. The number of rotatable bonds is 3. The lowest BCUT2D eigenvalue weighted by Crippen LogP contribution is -2.69. The first kappa shape index (κ1) is 14.9. The molecule has 0 aromatic heterocycles. The molecule has 4 aliphatic rings. The Hall–Kier alpha value is -1.61. The molecule has 2 aliphatic heterocycles. The molecule has 0 N–H and O–H groups in total. The van der Waals surface area contributed by atoms with E-state index in [1.54, 1.807) is 0 Å². The number of hydrogen-bond donors (Lipinski definition) is 0. The zero-order chi connectivity index (χ0) is 16.2. The van der Waals surface area contributed by atoms with Crippen molar-refractivity contribution in [3.05, 3.63) is 48.0 Å². The average Bonchev–Trinajstić information content (AvgIpc) is 2.58. The van der Waals surface area contributed by atoms with Crippen LogP contribution in [0.1, 0.15) is 30.9 Å². The fraction of sp³-hybridized carbons (Fsp3) is 0.550. The predicted molar refractivity (Wildman–Crippen MR) is 90.2 cm³/mol. The molecule has 3 unspecified atom stereocenters. The molecule has 5 rings (SSSR count). The molecule has 2 heterocycles. The van der Waals surface area contributed by atoms with Crippen LogP contribution in [-0.4, -0.2) is 36.6 Å². The van der Waals surface area contributed by atoms with Crippen LogP contribution in [0, 0.1) is 11.8 Å². The van der Waals surface area contributed by atoms with Gasteiger partial charge in [-0.25, -0.2) is 0 Å². The van der Waals surface area contributed by atoms with Gasteiger partial charge in [-0.05, 0) is 50.3 Å². The van der Waals surface area contributed by atoms with Gasteiger partial charge in [-0.1, -0.05) is 30.3 Å². The quantitative estimate of drug-likeness (QED) is 0.635. The minimum atomic E-state index is -0.0145. The van der Waals surface area contributed by atoms with Gasteiger partial charge in [0.2, 0.25) is 0 Å². The monoisotopic (exact) mass is 311 g/mol. The molecule has 1 aromatic rings. The SMILES string of the molecule is C=C[C@]12CC3[C@@H](C(=O)OCC)CC1C(Cc1ccccc12)N3C. The molecule has 0 radical (unpaired) electrons. The fourth-order valence-electron chi connectivity index (χ4n) is 5.56. The lowest BCUT2D eigenvalue weighted by Gasteiger charge is -2.63. The predicted octanol–water partition coefficient (Wildman–Crippen LogP) is 2.94. The topological polar surface area (TPSA) is 29.5 Å². The van der Waals surface area contributed by atoms with Gasteiger partial charge < -0.3 is 4.74 Å². The minimum absolute atomic E-state index is 0.0135. The Morgan fingerprint density at radius 1 is 1.43 bits per heavy atom. The molecule has 3 heteroatoms. The van der Waals surface area contributed by atoms with E-state index in [1.165, 1.54) is 11.1 Å². The number of esters is 1. The molecule has 4 bridgehead atoms. The molecule has 23 heavy (non-hydrogen) atoms. The lowest BCUT2D eigenvalue weighted by atomic mass is 9.49. The molecule has 1 aromatic carbocycles. The van der Waals surface area contributed by atoms with Crippen LogP contribution >= 0.6 is 0 Å². The summed E-state index contributed by atoms with van der Waals surface area (Å²) in [6.45, 7) is 6.57. The van der Waals surface area contributed by atoms with Crippen LogP contribution in [-0.2, 0) is 21.4 Å². The number of piperidine rings is 2. The van der Waals surface area contributed by atoms with E-state index in [9.17, 15) is 4.79 Å². The number of carbonyl (C=O) groups excluding carboxylic acids is 1. The summed E-state index contributed by atoms with van der Waals surface area (Å²) >= 11 is 0. The van der Waals surface area contributed by atoms with Crippen molar-refractivity contribution in [3.8, 4) is 0 Å². The summed E-state index contributed by atoms with van der Waals surface area (Å²) < 4.78 is 5.35. The second-order valence-corrected chi connectivity index (χ2v) is 7.31. The Bertz CT molecular complexity index is 655. The largest absolute Gasteiger partial charge is 0.466 e. The van der Waals surface area contributed by atoms with Gasteiger partial charge in [-0.3, -0.25) is 9.69 Å². The summed E-state index contributed by atoms with van der Waals surface area (Å²) in [6.07, 6.45) is 5.16. The molecule has 3 nitrogen and oxygen atoms in total. The Labute approximate surface area is 138 Å². The van der Waals surface area contributed by atoms with Gasteiger partial charge in [0.25, 0.3) is 0 Å². The smallest absolute Gasteiger partial charge is 0.310 e. The van der Waals surface area contributed by atoms with Gasteiger partial charge in [0.15, 0.2) is 0 Å². The molecule has 0 amide bonds. The van der Waals surface area contributed by atoms with Crippen LogP contribution in [0.2, 0.25) is 0 Å². The van der Waals surface area contributed by atoms with Crippen molar-refractivity contribution in [2.75, 3.05) is 13.7 Å². The first-order chi connectivity index (χ1) is 11.1. The highest BCUT2D eigenvalue weighted by molar-refractivity contribution is 5.74. The van der Waals surface area contributed by atoms with Gasteiger partial charge in [0.1, 0.15) is 0 Å².